The molecule has 0 spiro atoms. The van der Waals surface area contributed by atoms with Crippen LogP contribution in [0.25, 0.3) is 0 Å². The average molecular weight is 352 g/mol. The van der Waals surface area contributed by atoms with Gasteiger partial charge in [-0.3, -0.25) is 4.98 Å². The summed E-state index contributed by atoms with van der Waals surface area (Å²) in [4.78, 5) is 4.31. The molecule has 1 aromatic heterocycles. The Morgan fingerprint density at radius 1 is 1.10 bits per heavy atom. The topological polar surface area (TPSA) is 24.9 Å². The van der Waals surface area contributed by atoms with Gasteiger partial charge in [0.05, 0.1) is 0 Å². The van der Waals surface area contributed by atoms with Crippen LogP contribution in [0.1, 0.15) is 29.4 Å². The summed E-state index contributed by atoms with van der Waals surface area (Å²) in [7, 11) is 0. The number of nitrogens with zero attached hydrogens (tertiary/aromatic N) is 1. The van der Waals surface area contributed by atoms with Crippen molar-refractivity contribution in [2.75, 3.05) is 13.1 Å². The molecule has 3 rings (SSSR count). The Morgan fingerprint density at radius 2 is 1.90 bits per heavy atom. The summed E-state index contributed by atoms with van der Waals surface area (Å²) in [5.41, 5.74) is 2.65. The molecule has 2 nitrogen and oxygen atoms in total. The van der Waals surface area contributed by atoms with E-state index in [2.05, 4.69) is 44.4 Å². The van der Waals surface area contributed by atoms with E-state index < -0.39 is 0 Å². The van der Waals surface area contributed by atoms with Crippen molar-refractivity contribution in [2.45, 2.75) is 18.3 Å². The van der Waals surface area contributed by atoms with Crippen molar-refractivity contribution >= 4 is 27.5 Å². The zero-order chi connectivity index (χ0) is 13.9. The number of hydrogen-bond donors (Lipinski definition) is 1. The second kappa shape index (κ2) is 6.25. The molecule has 2 unspecified atom stereocenters. The number of halogens is 2. The fraction of sp³-hybridized carbons (Fsp3) is 0.312. The summed E-state index contributed by atoms with van der Waals surface area (Å²) >= 11 is 9.51. The molecule has 1 saturated heterocycles. The standard InChI is InChI=1S/C16H16BrClN2/c17-13-7-12(8-20-9-13)15-5-6-19-10-16(15)11-1-3-14(18)4-2-11/h1-4,7-9,15-16,19H,5-6,10H2. The summed E-state index contributed by atoms with van der Waals surface area (Å²) in [5, 5.41) is 4.29. The number of piperidine rings is 1. The number of pyridine rings is 1. The van der Waals surface area contributed by atoms with Crippen molar-refractivity contribution in [3.8, 4) is 0 Å². The predicted octanol–water partition coefficient (Wildman–Crippen LogP) is 4.36. The molecule has 0 aliphatic carbocycles. The second-order valence-electron chi connectivity index (χ2n) is 5.19. The van der Waals surface area contributed by atoms with Crippen molar-refractivity contribution in [1.82, 2.24) is 10.3 Å². The first-order valence-electron chi connectivity index (χ1n) is 6.80. The van der Waals surface area contributed by atoms with Gasteiger partial charge in [-0.25, -0.2) is 0 Å². The maximum atomic E-state index is 5.99. The van der Waals surface area contributed by atoms with E-state index in [1.165, 1.54) is 11.1 Å². The largest absolute Gasteiger partial charge is 0.316 e. The Labute approximate surface area is 132 Å². The normalized spacial score (nSPS) is 22.7. The van der Waals surface area contributed by atoms with Gasteiger partial charge < -0.3 is 5.32 Å². The highest BCUT2D eigenvalue weighted by molar-refractivity contribution is 9.10. The molecule has 1 aliphatic heterocycles. The predicted molar refractivity (Wildman–Crippen MR) is 86.4 cm³/mol. The van der Waals surface area contributed by atoms with Gasteiger partial charge in [0, 0.05) is 34.4 Å². The molecule has 20 heavy (non-hydrogen) atoms. The minimum absolute atomic E-state index is 0.470. The number of rotatable bonds is 2. The van der Waals surface area contributed by atoms with Gasteiger partial charge in [-0.2, -0.15) is 0 Å². The number of aromatic nitrogens is 1. The fourth-order valence-corrected chi connectivity index (χ4v) is 3.46. The van der Waals surface area contributed by atoms with E-state index in [4.69, 9.17) is 11.6 Å². The lowest BCUT2D eigenvalue weighted by molar-refractivity contribution is 0.403. The lowest BCUT2D eigenvalue weighted by Crippen LogP contribution is -2.34. The Kier molecular flexibility index (Phi) is 4.39. The SMILES string of the molecule is Clc1ccc(C2CNCCC2c2cncc(Br)c2)cc1. The van der Waals surface area contributed by atoms with E-state index in [-0.39, 0.29) is 0 Å². The molecule has 4 heteroatoms. The van der Waals surface area contributed by atoms with Crippen LogP contribution in [0.15, 0.2) is 47.2 Å². The Bertz CT molecular complexity index is 585. The Morgan fingerprint density at radius 3 is 2.65 bits per heavy atom. The number of hydrogen-bond acceptors (Lipinski definition) is 2. The van der Waals surface area contributed by atoms with E-state index in [1.54, 1.807) is 0 Å². The maximum absolute atomic E-state index is 5.99. The summed E-state index contributed by atoms with van der Waals surface area (Å²) in [6.45, 7) is 2.06. The third-order valence-corrected chi connectivity index (χ3v) is 4.62. The van der Waals surface area contributed by atoms with Crippen LogP contribution >= 0.6 is 27.5 Å². The van der Waals surface area contributed by atoms with Crippen molar-refractivity contribution in [2.24, 2.45) is 0 Å². The van der Waals surface area contributed by atoms with Crippen LogP contribution < -0.4 is 5.32 Å². The molecule has 2 atom stereocenters. The highest BCUT2D eigenvalue weighted by atomic mass is 79.9. The van der Waals surface area contributed by atoms with Crippen molar-refractivity contribution < 1.29 is 0 Å². The number of benzene rings is 1. The summed E-state index contributed by atoms with van der Waals surface area (Å²) < 4.78 is 1.04. The smallest absolute Gasteiger partial charge is 0.0410 e. The van der Waals surface area contributed by atoms with Gasteiger partial charge in [0.25, 0.3) is 0 Å². The molecule has 0 bridgehead atoms. The fourth-order valence-electron chi connectivity index (χ4n) is 2.95. The monoisotopic (exact) mass is 350 g/mol. The molecule has 0 radical (unpaired) electrons. The van der Waals surface area contributed by atoms with Crippen molar-refractivity contribution in [3.63, 3.8) is 0 Å². The molecule has 2 aromatic rings. The van der Waals surface area contributed by atoms with E-state index in [0.29, 0.717) is 11.8 Å². The maximum Gasteiger partial charge on any atom is 0.0410 e. The van der Waals surface area contributed by atoms with Crippen LogP contribution in [-0.4, -0.2) is 18.1 Å². The summed E-state index contributed by atoms with van der Waals surface area (Å²) in [6.07, 6.45) is 4.96. The van der Waals surface area contributed by atoms with E-state index in [0.717, 1.165) is 29.0 Å². The van der Waals surface area contributed by atoms with Crippen LogP contribution in [-0.2, 0) is 0 Å². The summed E-state index contributed by atoms with van der Waals surface area (Å²) in [6, 6.07) is 10.4. The molecule has 1 aliphatic rings. The van der Waals surface area contributed by atoms with Gasteiger partial charge in [-0.05, 0) is 64.1 Å². The van der Waals surface area contributed by atoms with Crippen LogP contribution in [0.5, 0.6) is 0 Å². The second-order valence-corrected chi connectivity index (χ2v) is 6.55. The molecule has 0 amide bonds. The van der Waals surface area contributed by atoms with Gasteiger partial charge in [-0.1, -0.05) is 23.7 Å². The minimum atomic E-state index is 0.470. The number of nitrogens with one attached hydrogen (secondary N) is 1. The molecule has 104 valence electrons. The lowest BCUT2D eigenvalue weighted by Gasteiger charge is -2.33. The first kappa shape index (κ1) is 14.1. The molecular formula is C16H16BrClN2. The average Bonchev–Trinajstić information content (AvgIpc) is 2.48. The molecule has 1 fully saturated rings. The highest BCUT2D eigenvalue weighted by Crippen LogP contribution is 2.37. The molecule has 0 saturated carbocycles. The van der Waals surface area contributed by atoms with E-state index >= 15 is 0 Å². The lowest BCUT2D eigenvalue weighted by atomic mass is 9.78. The van der Waals surface area contributed by atoms with Crippen LogP contribution in [0, 0.1) is 0 Å². The van der Waals surface area contributed by atoms with Crippen LogP contribution in [0.4, 0.5) is 0 Å². The van der Waals surface area contributed by atoms with Gasteiger partial charge in [0.1, 0.15) is 0 Å². The van der Waals surface area contributed by atoms with Gasteiger partial charge >= 0.3 is 0 Å². The first-order chi connectivity index (χ1) is 9.74. The molecule has 1 N–H and O–H groups in total. The quantitative estimate of drug-likeness (QED) is 0.869. The molecular weight excluding hydrogens is 336 g/mol. The Balaban J connectivity index is 1.93. The molecule has 2 heterocycles. The minimum Gasteiger partial charge on any atom is -0.316 e. The Hall–Kier alpha value is -0.900. The van der Waals surface area contributed by atoms with E-state index in [9.17, 15) is 0 Å². The van der Waals surface area contributed by atoms with Gasteiger partial charge in [0.2, 0.25) is 0 Å². The zero-order valence-electron chi connectivity index (χ0n) is 11.0. The van der Waals surface area contributed by atoms with E-state index in [1.807, 2.05) is 24.5 Å². The first-order valence-corrected chi connectivity index (χ1v) is 7.98. The van der Waals surface area contributed by atoms with Crippen LogP contribution in [0.3, 0.4) is 0 Å². The van der Waals surface area contributed by atoms with Crippen LogP contribution in [0.2, 0.25) is 5.02 Å². The van der Waals surface area contributed by atoms with Crippen molar-refractivity contribution in [3.05, 3.63) is 63.3 Å². The zero-order valence-corrected chi connectivity index (χ0v) is 13.4. The highest BCUT2D eigenvalue weighted by Gasteiger charge is 2.27. The molecule has 1 aromatic carbocycles. The van der Waals surface area contributed by atoms with Gasteiger partial charge in [-0.15, -0.1) is 0 Å². The third kappa shape index (κ3) is 3.05. The van der Waals surface area contributed by atoms with Gasteiger partial charge in [0.15, 0.2) is 0 Å². The summed E-state index contributed by atoms with van der Waals surface area (Å²) in [5.74, 6) is 0.972. The van der Waals surface area contributed by atoms with Crippen molar-refractivity contribution in [1.29, 1.82) is 0 Å². The third-order valence-electron chi connectivity index (χ3n) is 3.93.